The molecule has 6 nitrogen and oxygen atoms in total. The molecule has 1 N–H and O–H groups in total. The Labute approximate surface area is 111 Å². The number of benzene rings is 1. The molecule has 0 aromatic heterocycles. The zero-order chi connectivity index (χ0) is 13.8. The molecule has 6 heteroatoms. The van der Waals surface area contributed by atoms with Gasteiger partial charge in [-0.3, -0.25) is 0 Å². The minimum atomic E-state index is -0.760. The Hall–Kier alpha value is -2.13. The molecule has 2 rings (SSSR count). The lowest BCUT2D eigenvalue weighted by molar-refractivity contribution is 0.168. The smallest absolute Gasteiger partial charge is 0.231 e. The third-order valence-corrected chi connectivity index (χ3v) is 2.85. The van der Waals surface area contributed by atoms with Crippen LogP contribution in [0, 0.1) is 11.3 Å². The molecule has 0 spiro atoms. The van der Waals surface area contributed by atoms with Crippen molar-refractivity contribution in [3.8, 4) is 29.1 Å². The van der Waals surface area contributed by atoms with Crippen molar-refractivity contribution in [2.45, 2.75) is 18.9 Å². The van der Waals surface area contributed by atoms with Gasteiger partial charge < -0.3 is 24.1 Å². The summed E-state index contributed by atoms with van der Waals surface area (Å²) in [5.41, 5.74) is 0.714. The second-order valence-electron chi connectivity index (χ2n) is 4.06. The van der Waals surface area contributed by atoms with Crippen molar-refractivity contribution >= 4 is 0 Å². The third kappa shape index (κ3) is 2.51. The van der Waals surface area contributed by atoms with Crippen LogP contribution in [0.25, 0.3) is 0 Å². The van der Waals surface area contributed by atoms with Crippen molar-refractivity contribution < 1.29 is 24.1 Å². The lowest BCUT2D eigenvalue weighted by atomic mass is 10.0. The SMILES string of the molecule is COc1cc(C[C@@H](O)CC#N)c(OC)c2c1OCO2. The normalized spacial score (nSPS) is 13.8. The predicted molar refractivity (Wildman–Crippen MR) is 65.6 cm³/mol. The summed E-state index contributed by atoms with van der Waals surface area (Å²) in [6.45, 7) is 0.103. The van der Waals surface area contributed by atoms with Crippen LogP contribution in [0.3, 0.4) is 0 Å². The van der Waals surface area contributed by atoms with Crippen LogP contribution < -0.4 is 18.9 Å². The molecule has 0 saturated heterocycles. The molecule has 1 atom stereocenters. The number of rotatable bonds is 5. The van der Waals surface area contributed by atoms with Crippen molar-refractivity contribution in [1.82, 2.24) is 0 Å². The van der Waals surface area contributed by atoms with E-state index in [4.69, 9.17) is 24.2 Å². The molecule has 1 aliphatic heterocycles. The number of nitriles is 1. The highest BCUT2D eigenvalue weighted by atomic mass is 16.7. The van der Waals surface area contributed by atoms with Crippen LogP contribution in [0.1, 0.15) is 12.0 Å². The summed E-state index contributed by atoms with van der Waals surface area (Å²) >= 11 is 0. The summed E-state index contributed by atoms with van der Waals surface area (Å²) < 4.78 is 21.2. The number of hydrogen-bond donors (Lipinski definition) is 1. The lowest BCUT2D eigenvalue weighted by Gasteiger charge is -2.15. The summed E-state index contributed by atoms with van der Waals surface area (Å²) in [5.74, 6) is 2.00. The van der Waals surface area contributed by atoms with Gasteiger partial charge in [0.2, 0.25) is 18.3 Å². The molecule has 19 heavy (non-hydrogen) atoms. The molecule has 0 bridgehead atoms. The summed E-state index contributed by atoms with van der Waals surface area (Å²) in [6.07, 6.45) is -0.423. The van der Waals surface area contributed by atoms with Crippen LogP contribution in [-0.2, 0) is 6.42 Å². The molecule has 1 aromatic carbocycles. The van der Waals surface area contributed by atoms with Crippen LogP contribution in [0.2, 0.25) is 0 Å². The van der Waals surface area contributed by atoms with Crippen LogP contribution in [0.4, 0.5) is 0 Å². The van der Waals surface area contributed by atoms with Gasteiger partial charge in [-0.05, 0) is 6.07 Å². The van der Waals surface area contributed by atoms with Gasteiger partial charge in [-0.15, -0.1) is 0 Å². The van der Waals surface area contributed by atoms with Gasteiger partial charge in [0.15, 0.2) is 11.5 Å². The van der Waals surface area contributed by atoms with Crippen molar-refractivity contribution in [2.75, 3.05) is 21.0 Å². The molecule has 0 radical (unpaired) electrons. The van der Waals surface area contributed by atoms with Gasteiger partial charge in [-0.25, -0.2) is 0 Å². The van der Waals surface area contributed by atoms with Crippen LogP contribution in [0.5, 0.6) is 23.0 Å². The maximum absolute atomic E-state index is 9.74. The lowest BCUT2D eigenvalue weighted by Crippen LogP contribution is -2.10. The fourth-order valence-corrected chi connectivity index (χ4v) is 2.02. The molecule has 1 aromatic rings. The van der Waals surface area contributed by atoms with Gasteiger partial charge >= 0.3 is 0 Å². The van der Waals surface area contributed by atoms with Gasteiger partial charge in [-0.2, -0.15) is 5.26 Å². The Kier molecular flexibility index (Phi) is 3.97. The Bertz CT molecular complexity index is 509. The highest BCUT2D eigenvalue weighted by Crippen LogP contribution is 2.49. The molecule has 0 unspecified atom stereocenters. The quantitative estimate of drug-likeness (QED) is 0.863. The minimum absolute atomic E-state index is 0.0555. The number of ether oxygens (including phenoxy) is 4. The molecule has 0 aliphatic carbocycles. The van der Waals surface area contributed by atoms with E-state index >= 15 is 0 Å². The first-order chi connectivity index (χ1) is 9.21. The summed E-state index contributed by atoms with van der Waals surface area (Å²) in [4.78, 5) is 0. The van der Waals surface area contributed by atoms with Crippen LogP contribution in [0.15, 0.2) is 6.07 Å². The maximum atomic E-state index is 9.74. The van der Waals surface area contributed by atoms with Crippen LogP contribution >= 0.6 is 0 Å². The molecular formula is C13H15NO5. The summed E-state index contributed by atoms with van der Waals surface area (Å²) in [6, 6.07) is 3.66. The van der Waals surface area contributed by atoms with E-state index in [0.29, 0.717) is 28.6 Å². The molecular weight excluding hydrogens is 250 g/mol. The Morgan fingerprint density at radius 1 is 1.37 bits per heavy atom. The van der Waals surface area contributed by atoms with Crippen LogP contribution in [-0.4, -0.2) is 32.2 Å². The molecule has 0 amide bonds. The zero-order valence-corrected chi connectivity index (χ0v) is 10.8. The van der Waals surface area contributed by atoms with E-state index < -0.39 is 6.10 Å². The van der Waals surface area contributed by atoms with Gasteiger partial charge in [0.25, 0.3) is 0 Å². The fraction of sp³-hybridized carbons (Fsp3) is 0.462. The summed E-state index contributed by atoms with van der Waals surface area (Å²) in [7, 11) is 3.04. The Morgan fingerprint density at radius 2 is 2.11 bits per heavy atom. The number of fused-ring (bicyclic) bond motifs is 1. The zero-order valence-electron chi connectivity index (χ0n) is 10.8. The Morgan fingerprint density at radius 3 is 2.74 bits per heavy atom. The van der Waals surface area contributed by atoms with E-state index in [-0.39, 0.29) is 19.6 Å². The van der Waals surface area contributed by atoms with Gasteiger partial charge in [-0.1, -0.05) is 0 Å². The second kappa shape index (κ2) is 5.67. The molecule has 0 fully saturated rings. The fourth-order valence-electron chi connectivity index (χ4n) is 2.02. The highest BCUT2D eigenvalue weighted by molar-refractivity contribution is 5.64. The minimum Gasteiger partial charge on any atom is -0.493 e. The first-order valence-electron chi connectivity index (χ1n) is 5.79. The largest absolute Gasteiger partial charge is 0.493 e. The van der Waals surface area contributed by atoms with E-state index in [1.54, 1.807) is 6.07 Å². The van der Waals surface area contributed by atoms with E-state index in [0.717, 1.165) is 0 Å². The Balaban J connectivity index is 2.40. The van der Waals surface area contributed by atoms with Gasteiger partial charge in [0, 0.05) is 12.0 Å². The van der Waals surface area contributed by atoms with E-state index in [9.17, 15) is 5.11 Å². The van der Waals surface area contributed by atoms with E-state index in [1.165, 1.54) is 14.2 Å². The average Bonchev–Trinajstić information content (AvgIpc) is 2.87. The number of hydrogen-bond acceptors (Lipinski definition) is 6. The van der Waals surface area contributed by atoms with E-state index in [2.05, 4.69) is 0 Å². The maximum Gasteiger partial charge on any atom is 0.231 e. The standard InChI is InChI=1S/C13H15NO5/c1-16-10-6-8(5-9(15)3-4-14)11(17-2)13-12(10)18-7-19-13/h6,9,15H,3,5,7H2,1-2H3/t9-/m0/s1. The molecule has 1 aliphatic rings. The van der Waals surface area contributed by atoms with Crippen molar-refractivity contribution in [1.29, 1.82) is 5.26 Å². The first kappa shape index (κ1) is 13.3. The number of aliphatic hydroxyl groups is 1. The van der Waals surface area contributed by atoms with Crippen molar-refractivity contribution in [3.05, 3.63) is 11.6 Å². The highest BCUT2D eigenvalue weighted by Gasteiger charge is 2.27. The molecule has 1 heterocycles. The van der Waals surface area contributed by atoms with Crippen molar-refractivity contribution in [3.63, 3.8) is 0 Å². The number of nitrogens with zero attached hydrogens (tertiary/aromatic N) is 1. The van der Waals surface area contributed by atoms with E-state index in [1.807, 2.05) is 6.07 Å². The summed E-state index contributed by atoms with van der Waals surface area (Å²) in [5, 5.41) is 18.3. The first-order valence-corrected chi connectivity index (χ1v) is 5.79. The van der Waals surface area contributed by atoms with Crippen molar-refractivity contribution in [2.24, 2.45) is 0 Å². The third-order valence-electron chi connectivity index (χ3n) is 2.85. The predicted octanol–water partition coefficient (Wildman–Crippen LogP) is 1.25. The number of aliphatic hydroxyl groups excluding tert-OH is 1. The monoisotopic (exact) mass is 265 g/mol. The average molecular weight is 265 g/mol. The molecule has 102 valence electrons. The topological polar surface area (TPSA) is 80.9 Å². The van der Waals surface area contributed by atoms with Gasteiger partial charge in [0.05, 0.1) is 32.8 Å². The molecule has 0 saturated carbocycles. The number of methoxy groups -OCH3 is 2. The van der Waals surface area contributed by atoms with Gasteiger partial charge in [0.1, 0.15) is 0 Å². The second-order valence-corrected chi connectivity index (χ2v) is 4.06.